The molecule has 2 heterocycles. The molecule has 1 saturated heterocycles. The molecular weight excluding hydrogens is 409 g/mol. The molecule has 1 fully saturated rings. The largest absolute Gasteiger partial charge is 0.417 e. The van der Waals surface area contributed by atoms with Gasteiger partial charge >= 0.3 is 6.18 Å². The molecule has 0 atom stereocenters. The van der Waals surface area contributed by atoms with Crippen LogP contribution in [0.5, 0.6) is 0 Å². The molecule has 0 spiro atoms. The van der Waals surface area contributed by atoms with E-state index in [2.05, 4.69) is 4.90 Å². The van der Waals surface area contributed by atoms with Crippen molar-refractivity contribution in [3.8, 4) is 0 Å². The quantitative estimate of drug-likeness (QED) is 0.746. The Hall–Kier alpha value is -1.13. The van der Waals surface area contributed by atoms with Gasteiger partial charge in [0.05, 0.1) is 10.5 Å². The van der Waals surface area contributed by atoms with Crippen LogP contribution in [0.15, 0.2) is 39.9 Å². The van der Waals surface area contributed by atoms with Crippen molar-refractivity contribution in [2.24, 2.45) is 0 Å². The smallest absolute Gasteiger partial charge is 0.296 e. The Morgan fingerprint density at radius 3 is 2.38 bits per heavy atom. The number of hydrogen-bond donors (Lipinski definition) is 0. The highest BCUT2D eigenvalue weighted by Crippen LogP contribution is 2.37. The summed E-state index contributed by atoms with van der Waals surface area (Å²) in [4.78, 5) is 1.33. The van der Waals surface area contributed by atoms with Crippen molar-refractivity contribution in [3.63, 3.8) is 0 Å². The summed E-state index contributed by atoms with van der Waals surface area (Å²) in [5, 5.41) is 3.83. The summed E-state index contributed by atoms with van der Waals surface area (Å²) in [6.07, 6.45) is -4.80. The lowest BCUT2D eigenvalue weighted by molar-refractivity contribution is -0.139. The maximum absolute atomic E-state index is 13.3. The van der Waals surface area contributed by atoms with Crippen LogP contribution in [0.25, 0.3) is 0 Å². The first-order valence-corrected chi connectivity index (χ1v) is 10.5. The number of alkyl halides is 3. The van der Waals surface area contributed by atoms with Crippen molar-refractivity contribution in [2.45, 2.75) is 17.6 Å². The summed E-state index contributed by atoms with van der Waals surface area (Å²) in [5.41, 5.74) is -0.0888. The van der Waals surface area contributed by atoms with Gasteiger partial charge in [0.15, 0.2) is 0 Å². The van der Waals surface area contributed by atoms with Crippen LogP contribution in [0.3, 0.4) is 0 Å². The highest BCUT2D eigenvalue weighted by atomic mass is 35.5. The van der Waals surface area contributed by atoms with Crippen LogP contribution in [-0.2, 0) is 22.7 Å². The van der Waals surface area contributed by atoms with Gasteiger partial charge in [0, 0.05) is 37.7 Å². The number of sulfonamides is 1. The van der Waals surface area contributed by atoms with E-state index in [4.69, 9.17) is 11.6 Å². The van der Waals surface area contributed by atoms with Gasteiger partial charge < -0.3 is 0 Å². The van der Waals surface area contributed by atoms with Crippen LogP contribution in [0.4, 0.5) is 13.2 Å². The van der Waals surface area contributed by atoms with Crippen LogP contribution in [-0.4, -0.2) is 43.8 Å². The van der Waals surface area contributed by atoms with E-state index in [1.54, 1.807) is 11.3 Å². The Bertz CT molecular complexity index is 862. The topological polar surface area (TPSA) is 40.6 Å². The molecule has 1 aromatic carbocycles. The number of hydrogen-bond acceptors (Lipinski definition) is 4. The van der Waals surface area contributed by atoms with Gasteiger partial charge in [-0.05, 0) is 40.6 Å². The Balaban J connectivity index is 1.78. The third kappa shape index (κ3) is 4.23. The van der Waals surface area contributed by atoms with Gasteiger partial charge in [-0.2, -0.15) is 28.8 Å². The van der Waals surface area contributed by atoms with E-state index >= 15 is 0 Å². The van der Waals surface area contributed by atoms with E-state index in [0.717, 1.165) is 22.0 Å². The monoisotopic (exact) mass is 424 g/mol. The van der Waals surface area contributed by atoms with E-state index in [9.17, 15) is 21.6 Å². The minimum Gasteiger partial charge on any atom is -0.296 e. The molecule has 0 aliphatic carbocycles. The van der Waals surface area contributed by atoms with E-state index in [1.807, 2.05) is 16.8 Å². The Morgan fingerprint density at radius 2 is 1.81 bits per heavy atom. The van der Waals surface area contributed by atoms with Crippen molar-refractivity contribution < 1.29 is 21.6 Å². The second-order valence-corrected chi connectivity index (χ2v) is 9.07. The van der Waals surface area contributed by atoms with Gasteiger partial charge in [-0.25, -0.2) is 8.42 Å². The summed E-state index contributed by atoms with van der Waals surface area (Å²) in [5.74, 6) is 0. The molecule has 0 amide bonds. The fourth-order valence-corrected chi connectivity index (χ4v) is 5.30. The molecule has 4 nitrogen and oxygen atoms in total. The van der Waals surface area contributed by atoms with Crippen molar-refractivity contribution in [3.05, 3.63) is 51.2 Å². The third-order valence-electron chi connectivity index (χ3n) is 4.18. The number of halogens is 4. The molecule has 0 N–H and O–H groups in total. The van der Waals surface area contributed by atoms with Gasteiger partial charge in [0.2, 0.25) is 10.0 Å². The van der Waals surface area contributed by atoms with E-state index in [-0.39, 0.29) is 18.1 Å². The number of rotatable bonds is 4. The van der Waals surface area contributed by atoms with Gasteiger partial charge in [-0.1, -0.05) is 11.6 Å². The predicted octanol–water partition coefficient (Wildman–Crippen LogP) is 3.93. The second kappa shape index (κ2) is 7.47. The van der Waals surface area contributed by atoms with Gasteiger partial charge in [-0.15, -0.1) is 0 Å². The fraction of sp³-hybridized carbons (Fsp3) is 0.375. The van der Waals surface area contributed by atoms with Crippen molar-refractivity contribution in [1.29, 1.82) is 0 Å². The molecule has 10 heteroatoms. The zero-order valence-corrected chi connectivity index (χ0v) is 15.9. The Kier molecular flexibility index (Phi) is 5.64. The van der Waals surface area contributed by atoms with Crippen LogP contribution in [0.2, 0.25) is 5.02 Å². The van der Waals surface area contributed by atoms with Crippen molar-refractivity contribution >= 4 is 33.0 Å². The molecule has 0 radical (unpaired) electrons. The Morgan fingerprint density at radius 1 is 1.12 bits per heavy atom. The second-order valence-electron chi connectivity index (χ2n) is 5.95. The van der Waals surface area contributed by atoms with Crippen molar-refractivity contribution in [1.82, 2.24) is 9.21 Å². The number of benzene rings is 1. The SMILES string of the molecule is O=S(=O)(c1ccc(Cl)cc1C(F)(F)F)N1CCN(Cc2ccsc2)CC1. The average molecular weight is 425 g/mol. The zero-order valence-electron chi connectivity index (χ0n) is 13.5. The van der Waals surface area contributed by atoms with Crippen LogP contribution in [0, 0.1) is 0 Å². The molecule has 1 aliphatic rings. The lowest BCUT2D eigenvalue weighted by Gasteiger charge is -2.34. The van der Waals surface area contributed by atoms with Gasteiger partial charge in [0.25, 0.3) is 0 Å². The summed E-state index contributed by atoms with van der Waals surface area (Å²) >= 11 is 7.22. The Labute approximate surface area is 158 Å². The molecule has 26 heavy (non-hydrogen) atoms. The molecule has 1 aromatic heterocycles. The summed E-state index contributed by atoms with van der Waals surface area (Å²) in [6.45, 7) is 1.92. The number of piperazine rings is 1. The molecule has 0 bridgehead atoms. The molecule has 142 valence electrons. The molecule has 1 aliphatic heterocycles. The minimum absolute atomic E-state index is 0.145. The lowest BCUT2D eigenvalue weighted by atomic mass is 10.2. The highest BCUT2D eigenvalue weighted by Gasteiger charge is 2.40. The van der Waals surface area contributed by atoms with E-state index in [1.165, 1.54) is 0 Å². The van der Waals surface area contributed by atoms with Gasteiger partial charge in [0.1, 0.15) is 0 Å². The standard InChI is InChI=1S/C16H16ClF3N2O2S2/c17-13-1-2-15(14(9-13)16(18,19)20)26(23,24)22-6-4-21(5-7-22)10-12-3-8-25-11-12/h1-3,8-9,11H,4-7,10H2. The molecule has 3 rings (SSSR count). The van der Waals surface area contributed by atoms with Crippen molar-refractivity contribution in [2.75, 3.05) is 26.2 Å². The first-order chi connectivity index (χ1) is 12.2. The average Bonchev–Trinajstić information content (AvgIpc) is 3.07. The van der Waals surface area contributed by atoms with E-state index in [0.29, 0.717) is 25.7 Å². The molecule has 2 aromatic rings. The molecule has 0 unspecified atom stereocenters. The van der Waals surface area contributed by atoms with Crippen LogP contribution in [0.1, 0.15) is 11.1 Å². The summed E-state index contributed by atoms with van der Waals surface area (Å²) in [6, 6.07) is 4.74. The van der Waals surface area contributed by atoms with Crippen LogP contribution < -0.4 is 0 Å². The zero-order chi connectivity index (χ0) is 18.9. The normalized spacial score (nSPS) is 17.5. The predicted molar refractivity (Wildman–Crippen MR) is 94.8 cm³/mol. The number of nitrogens with zero attached hydrogens (tertiary/aromatic N) is 2. The lowest BCUT2D eigenvalue weighted by Crippen LogP contribution is -2.48. The third-order valence-corrected chi connectivity index (χ3v) is 7.11. The van der Waals surface area contributed by atoms with E-state index < -0.39 is 26.7 Å². The van der Waals surface area contributed by atoms with Gasteiger partial charge in [-0.3, -0.25) is 4.90 Å². The highest BCUT2D eigenvalue weighted by molar-refractivity contribution is 7.89. The maximum Gasteiger partial charge on any atom is 0.417 e. The fourth-order valence-electron chi connectivity index (χ4n) is 2.86. The molecule has 0 saturated carbocycles. The maximum atomic E-state index is 13.3. The number of thiophene rings is 1. The minimum atomic E-state index is -4.80. The van der Waals surface area contributed by atoms with Crippen LogP contribution >= 0.6 is 22.9 Å². The summed E-state index contributed by atoms with van der Waals surface area (Å²) < 4.78 is 66.4. The molecular formula is C16H16ClF3N2O2S2. The first-order valence-electron chi connectivity index (χ1n) is 7.78. The summed E-state index contributed by atoms with van der Waals surface area (Å²) in [7, 11) is -4.25. The first kappa shape index (κ1) is 19.6.